The van der Waals surface area contributed by atoms with Crippen LogP contribution in [0.15, 0.2) is 54.6 Å². The van der Waals surface area contributed by atoms with E-state index in [0.29, 0.717) is 0 Å². The lowest BCUT2D eigenvalue weighted by Crippen LogP contribution is -2.34. The van der Waals surface area contributed by atoms with Gasteiger partial charge in [-0.1, -0.05) is 30.3 Å². The molecule has 1 fully saturated rings. The fourth-order valence-corrected chi connectivity index (χ4v) is 2.69. The van der Waals surface area contributed by atoms with Crippen LogP contribution < -0.4 is 15.0 Å². The summed E-state index contributed by atoms with van der Waals surface area (Å²) in [7, 11) is 0. The molecule has 2 aromatic rings. The Morgan fingerprint density at radius 1 is 0.810 bits per heavy atom. The first-order valence-electron chi connectivity index (χ1n) is 7.71. The second kappa shape index (κ2) is 7.14. The summed E-state index contributed by atoms with van der Waals surface area (Å²) in [6.45, 7) is 4.33. The molecule has 1 aliphatic heterocycles. The van der Waals surface area contributed by atoms with E-state index in [2.05, 4.69) is 28.4 Å². The summed E-state index contributed by atoms with van der Waals surface area (Å²) in [4.78, 5) is 2.44. The minimum atomic E-state index is 0.888. The second-order valence-corrected chi connectivity index (χ2v) is 5.33. The first-order chi connectivity index (χ1) is 10.4. The van der Waals surface area contributed by atoms with Crippen LogP contribution in [0.2, 0.25) is 0 Å². The Bertz CT molecular complexity index is 548. The highest BCUT2D eigenvalue weighted by Gasteiger charge is 2.13. The second-order valence-electron chi connectivity index (χ2n) is 5.33. The molecule has 0 aromatic heterocycles. The maximum atomic E-state index is 6.08. The third-order valence-corrected chi connectivity index (χ3v) is 3.74. The van der Waals surface area contributed by atoms with Gasteiger partial charge in [0.05, 0.1) is 5.69 Å². The van der Waals surface area contributed by atoms with E-state index < -0.39 is 0 Å². The van der Waals surface area contributed by atoms with Crippen LogP contribution in [0, 0.1) is 0 Å². The Balaban J connectivity index is 1.81. The number of anilines is 1. The van der Waals surface area contributed by atoms with Crippen molar-refractivity contribution in [1.82, 2.24) is 5.32 Å². The maximum absolute atomic E-state index is 6.08. The predicted octanol–water partition coefficient (Wildman–Crippen LogP) is 3.67. The number of nitrogens with one attached hydrogen (secondary N) is 1. The van der Waals surface area contributed by atoms with Crippen molar-refractivity contribution in [3.63, 3.8) is 0 Å². The number of ether oxygens (including phenoxy) is 1. The minimum absolute atomic E-state index is 0.888. The topological polar surface area (TPSA) is 24.5 Å². The third kappa shape index (κ3) is 3.76. The zero-order chi connectivity index (χ0) is 14.3. The van der Waals surface area contributed by atoms with Crippen LogP contribution in [0.3, 0.4) is 0 Å². The van der Waals surface area contributed by atoms with Crippen molar-refractivity contribution in [2.45, 2.75) is 12.8 Å². The molecular weight excluding hydrogens is 260 g/mol. The smallest absolute Gasteiger partial charge is 0.150 e. The number of nitrogens with zero attached hydrogens (tertiary/aromatic N) is 1. The molecule has 21 heavy (non-hydrogen) atoms. The average molecular weight is 282 g/mol. The van der Waals surface area contributed by atoms with Crippen molar-refractivity contribution in [2.24, 2.45) is 0 Å². The van der Waals surface area contributed by atoms with Crippen molar-refractivity contribution < 1.29 is 4.74 Å². The van der Waals surface area contributed by atoms with Gasteiger partial charge in [-0.3, -0.25) is 0 Å². The molecule has 110 valence electrons. The Morgan fingerprint density at radius 3 is 2.24 bits per heavy atom. The molecule has 0 bridgehead atoms. The summed E-state index contributed by atoms with van der Waals surface area (Å²) < 4.78 is 6.08. The van der Waals surface area contributed by atoms with Crippen molar-refractivity contribution in [1.29, 1.82) is 0 Å². The van der Waals surface area contributed by atoms with Crippen molar-refractivity contribution >= 4 is 5.69 Å². The van der Waals surface area contributed by atoms with E-state index >= 15 is 0 Å². The lowest BCUT2D eigenvalue weighted by molar-refractivity contribution is 0.478. The minimum Gasteiger partial charge on any atom is -0.455 e. The average Bonchev–Trinajstić information content (AvgIpc) is 2.49. The van der Waals surface area contributed by atoms with Gasteiger partial charge >= 0.3 is 0 Å². The summed E-state index contributed by atoms with van der Waals surface area (Å²) >= 11 is 0. The van der Waals surface area contributed by atoms with Gasteiger partial charge in [-0.25, -0.2) is 0 Å². The maximum Gasteiger partial charge on any atom is 0.150 e. The standard InChI is InChI=1S/C18H22N2O/c1-2-8-16(9-3-1)21-18-11-5-4-10-17(18)20-14-6-12-19-13-7-15-20/h1-5,8-11,19H,6-7,12-15H2. The first-order valence-corrected chi connectivity index (χ1v) is 7.71. The van der Waals surface area contributed by atoms with Gasteiger partial charge in [0.25, 0.3) is 0 Å². The molecule has 3 rings (SSSR count). The molecule has 1 N–H and O–H groups in total. The molecule has 0 atom stereocenters. The van der Waals surface area contributed by atoms with Crippen LogP contribution in [-0.4, -0.2) is 26.2 Å². The lowest BCUT2D eigenvalue weighted by Gasteiger charge is -2.28. The summed E-state index contributed by atoms with van der Waals surface area (Å²) in [6, 6.07) is 18.3. The van der Waals surface area contributed by atoms with Crippen LogP contribution in [0.5, 0.6) is 11.5 Å². The largest absolute Gasteiger partial charge is 0.455 e. The van der Waals surface area contributed by atoms with E-state index in [9.17, 15) is 0 Å². The monoisotopic (exact) mass is 282 g/mol. The van der Waals surface area contributed by atoms with Crippen molar-refractivity contribution in [3.8, 4) is 11.5 Å². The van der Waals surface area contributed by atoms with E-state index in [-0.39, 0.29) is 0 Å². The van der Waals surface area contributed by atoms with Gasteiger partial charge in [-0.2, -0.15) is 0 Å². The molecule has 1 heterocycles. The predicted molar refractivity (Wildman–Crippen MR) is 87.3 cm³/mol. The summed E-state index contributed by atoms with van der Waals surface area (Å²) in [5.41, 5.74) is 1.20. The van der Waals surface area contributed by atoms with Gasteiger partial charge in [0.1, 0.15) is 5.75 Å². The van der Waals surface area contributed by atoms with Gasteiger partial charge in [0.2, 0.25) is 0 Å². The molecule has 0 spiro atoms. The van der Waals surface area contributed by atoms with E-state index in [1.807, 2.05) is 36.4 Å². The molecular formula is C18H22N2O. The zero-order valence-corrected chi connectivity index (χ0v) is 12.3. The van der Waals surface area contributed by atoms with Crippen LogP contribution in [0.25, 0.3) is 0 Å². The number of benzene rings is 2. The highest BCUT2D eigenvalue weighted by atomic mass is 16.5. The summed E-state index contributed by atoms with van der Waals surface area (Å²) in [6.07, 6.45) is 2.33. The van der Waals surface area contributed by atoms with Crippen LogP contribution in [-0.2, 0) is 0 Å². The van der Waals surface area contributed by atoms with E-state index in [4.69, 9.17) is 4.74 Å². The number of para-hydroxylation sites is 3. The van der Waals surface area contributed by atoms with Crippen LogP contribution in [0.1, 0.15) is 12.8 Å². The fourth-order valence-electron chi connectivity index (χ4n) is 2.69. The molecule has 3 nitrogen and oxygen atoms in total. The number of hydrogen-bond donors (Lipinski definition) is 1. The quantitative estimate of drug-likeness (QED) is 0.929. The highest BCUT2D eigenvalue weighted by Crippen LogP contribution is 2.32. The van der Waals surface area contributed by atoms with E-state index in [1.165, 1.54) is 18.5 Å². The highest BCUT2D eigenvalue weighted by molar-refractivity contribution is 5.59. The van der Waals surface area contributed by atoms with Crippen molar-refractivity contribution in [2.75, 3.05) is 31.1 Å². The molecule has 0 radical (unpaired) electrons. The van der Waals surface area contributed by atoms with Crippen LogP contribution in [0.4, 0.5) is 5.69 Å². The summed E-state index contributed by atoms with van der Waals surface area (Å²) in [5.74, 6) is 1.83. The van der Waals surface area contributed by atoms with Gasteiger partial charge < -0.3 is 15.0 Å². The van der Waals surface area contributed by atoms with Gasteiger partial charge in [-0.05, 0) is 50.2 Å². The number of rotatable bonds is 3. The Kier molecular flexibility index (Phi) is 4.74. The molecule has 0 saturated carbocycles. The summed E-state index contributed by atoms with van der Waals surface area (Å²) in [5, 5.41) is 3.46. The molecule has 0 unspecified atom stereocenters. The third-order valence-electron chi connectivity index (χ3n) is 3.74. The molecule has 1 saturated heterocycles. The lowest BCUT2D eigenvalue weighted by atomic mass is 10.2. The SMILES string of the molecule is c1ccc(Oc2ccccc2N2CCCNCCC2)cc1. The molecule has 3 heteroatoms. The van der Waals surface area contributed by atoms with E-state index in [0.717, 1.165) is 37.7 Å². The number of hydrogen-bond acceptors (Lipinski definition) is 3. The fraction of sp³-hybridized carbons (Fsp3) is 0.333. The first kappa shape index (κ1) is 14.0. The Morgan fingerprint density at radius 2 is 1.48 bits per heavy atom. The Labute approximate surface area is 126 Å². The van der Waals surface area contributed by atoms with Gasteiger partial charge in [-0.15, -0.1) is 0 Å². The van der Waals surface area contributed by atoms with Crippen molar-refractivity contribution in [3.05, 3.63) is 54.6 Å². The van der Waals surface area contributed by atoms with Gasteiger partial charge in [0, 0.05) is 13.1 Å². The van der Waals surface area contributed by atoms with Gasteiger partial charge in [0.15, 0.2) is 5.75 Å². The molecule has 0 amide bonds. The Hall–Kier alpha value is -2.00. The zero-order valence-electron chi connectivity index (χ0n) is 12.3. The normalized spacial score (nSPS) is 16.1. The van der Waals surface area contributed by atoms with Crippen LogP contribution >= 0.6 is 0 Å². The molecule has 0 aliphatic carbocycles. The molecule has 2 aromatic carbocycles. The van der Waals surface area contributed by atoms with E-state index in [1.54, 1.807) is 0 Å². The molecule has 1 aliphatic rings.